The van der Waals surface area contributed by atoms with E-state index in [0.29, 0.717) is 0 Å². The molecule has 0 N–H and O–H groups in total. The highest BCUT2D eigenvalue weighted by molar-refractivity contribution is 5.78. The Morgan fingerprint density at radius 1 is 1.08 bits per heavy atom. The van der Waals surface area contributed by atoms with E-state index in [1.165, 1.54) is 24.0 Å². The van der Waals surface area contributed by atoms with Crippen LogP contribution in [0.4, 0.5) is 0 Å². The maximum Gasteiger partial charge on any atom is 0.261 e. The number of fused-ring (bicyclic) bond motifs is 2. The average Bonchev–Trinajstić information content (AvgIpc) is 2.86. The molecule has 3 nitrogen and oxygen atoms in total. The molecule has 0 unspecified atom stereocenters. The van der Waals surface area contributed by atoms with Gasteiger partial charge in [-0.3, -0.25) is 9.36 Å². The molecular formula is C21H24N2O. The molecule has 0 saturated carbocycles. The summed E-state index contributed by atoms with van der Waals surface area (Å²) >= 11 is 0. The second kappa shape index (κ2) is 6.76. The third-order valence-corrected chi connectivity index (χ3v) is 5.16. The van der Waals surface area contributed by atoms with Crippen molar-refractivity contribution in [2.45, 2.75) is 57.9 Å². The van der Waals surface area contributed by atoms with Gasteiger partial charge in [0.1, 0.15) is 5.82 Å². The molecule has 1 aromatic heterocycles. The Hall–Kier alpha value is -2.16. The topological polar surface area (TPSA) is 34.9 Å². The van der Waals surface area contributed by atoms with E-state index >= 15 is 0 Å². The number of aryl methyl sites for hydroxylation is 2. The summed E-state index contributed by atoms with van der Waals surface area (Å²) < 4.78 is 1.90. The van der Waals surface area contributed by atoms with Gasteiger partial charge in [-0.1, -0.05) is 36.3 Å². The number of aromatic nitrogens is 2. The van der Waals surface area contributed by atoms with Crippen LogP contribution in [0.15, 0.2) is 46.8 Å². The molecule has 0 spiro atoms. The predicted octanol–water partition coefficient (Wildman–Crippen LogP) is 4.33. The summed E-state index contributed by atoms with van der Waals surface area (Å²) in [5.74, 6) is 0.972. The van der Waals surface area contributed by atoms with Gasteiger partial charge in [-0.05, 0) is 56.2 Å². The van der Waals surface area contributed by atoms with E-state index in [9.17, 15) is 4.79 Å². The Balaban J connectivity index is 1.64. The summed E-state index contributed by atoms with van der Waals surface area (Å²) in [5.41, 5.74) is 3.71. The monoisotopic (exact) mass is 320 g/mol. The van der Waals surface area contributed by atoms with Crippen molar-refractivity contribution in [3.63, 3.8) is 0 Å². The molecule has 0 atom stereocenters. The Labute approximate surface area is 142 Å². The van der Waals surface area contributed by atoms with Gasteiger partial charge in [-0.15, -0.1) is 0 Å². The minimum Gasteiger partial charge on any atom is -0.296 e. The number of rotatable bonds is 3. The van der Waals surface area contributed by atoms with Crippen molar-refractivity contribution >= 4 is 10.9 Å². The zero-order valence-corrected chi connectivity index (χ0v) is 14.1. The van der Waals surface area contributed by atoms with E-state index in [1.54, 1.807) is 0 Å². The summed E-state index contributed by atoms with van der Waals surface area (Å²) in [6.45, 7) is 0.819. The van der Waals surface area contributed by atoms with Gasteiger partial charge in [0.25, 0.3) is 5.56 Å². The van der Waals surface area contributed by atoms with E-state index in [0.717, 1.165) is 61.8 Å². The fourth-order valence-corrected chi connectivity index (χ4v) is 3.76. The Bertz CT molecular complexity index is 873. The second-order valence-electron chi connectivity index (χ2n) is 6.91. The fourth-order valence-electron chi connectivity index (χ4n) is 3.76. The third kappa shape index (κ3) is 3.08. The fraction of sp³-hybridized carbons (Fsp3) is 0.429. The Kier molecular flexibility index (Phi) is 4.33. The van der Waals surface area contributed by atoms with Crippen LogP contribution in [0.25, 0.3) is 10.9 Å². The lowest BCUT2D eigenvalue weighted by atomic mass is 9.99. The van der Waals surface area contributed by atoms with Gasteiger partial charge in [-0.2, -0.15) is 0 Å². The van der Waals surface area contributed by atoms with Gasteiger partial charge in [0.05, 0.1) is 10.9 Å². The molecule has 0 radical (unpaired) electrons. The van der Waals surface area contributed by atoms with Crippen LogP contribution in [0, 0.1) is 0 Å². The Morgan fingerprint density at radius 2 is 2.04 bits per heavy atom. The zero-order chi connectivity index (χ0) is 16.4. The molecule has 2 heterocycles. The van der Waals surface area contributed by atoms with E-state index in [1.807, 2.05) is 10.6 Å². The van der Waals surface area contributed by atoms with Gasteiger partial charge in [-0.25, -0.2) is 4.98 Å². The summed E-state index contributed by atoms with van der Waals surface area (Å²) in [7, 11) is 0. The molecule has 0 saturated heterocycles. The second-order valence-corrected chi connectivity index (χ2v) is 6.91. The summed E-state index contributed by atoms with van der Waals surface area (Å²) in [5, 5.41) is 0.765. The molecule has 1 aliphatic carbocycles. The van der Waals surface area contributed by atoms with E-state index in [4.69, 9.17) is 4.98 Å². The molecule has 2 aliphatic rings. The van der Waals surface area contributed by atoms with Crippen molar-refractivity contribution in [1.82, 2.24) is 9.55 Å². The van der Waals surface area contributed by atoms with Gasteiger partial charge < -0.3 is 0 Å². The smallest absolute Gasteiger partial charge is 0.261 e. The number of benzene rings is 1. The van der Waals surface area contributed by atoms with Gasteiger partial charge in [0.2, 0.25) is 0 Å². The largest absolute Gasteiger partial charge is 0.296 e. The van der Waals surface area contributed by atoms with Gasteiger partial charge >= 0.3 is 0 Å². The van der Waals surface area contributed by atoms with Crippen LogP contribution in [-0.2, 0) is 19.4 Å². The molecule has 124 valence electrons. The van der Waals surface area contributed by atoms with Gasteiger partial charge in [0.15, 0.2) is 0 Å². The molecule has 0 amide bonds. The first-order valence-corrected chi connectivity index (χ1v) is 9.19. The van der Waals surface area contributed by atoms with Crippen molar-refractivity contribution in [2.75, 3.05) is 0 Å². The minimum absolute atomic E-state index is 0.140. The van der Waals surface area contributed by atoms with E-state index < -0.39 is 0 Å². The van der Waals surface area contributed by atoms with Crippen molar-refractivity contribution in [2.24, 2.45) is 0 Å². The van der Waals surface area contributed by atoms with Crippen molar-refractivity contribution in [3.05, 3.63) is 63.7 Å². The van der Waals surface area contributed by atoms with Crippen LogP contribution in [0.3, 0.4) is 0 Å². The maximum atomic E-state index is 12.7. The highest BCUT2D eigenvalue weighted by Crippen LogP contribution is 2.19. The average molecular weight is 320 g/mol. The third-order valence-electron chi connectivity index (χ3n) is 5.16. The number of nitrogens with zero attached hydrogens (tertiary/aromatic N) is 2. The van der Waals surface area contributed by atoms with Crippen LogP contribution in [0.1, 0.15) is 49.9 Å². The highest BCUT2D eigenvalue weighted by Gasteiger charge is 2.13. The van der Waals surface area contributed by atoms with Crippen molar-refractivity contribution < 1.29 is 0 Å². The van der Waals surface area contributed by atoms with Crippen LogP contribution in [0.5, 0.6) is 0 Å². The van der Waals surface area contributed by atoms with E-state index in [2.05, 4.69) is 30.4 Å². The lowest BCUT2D eigenvalue weighted by molar-refractivity contribution is 0.614. The molecule has 0 bridgehead atoms. The number of hydrogen-bond acceptors (Lipinski definition) is 2. The molecular weight excluding hydrogens is 296 g/mol. The molecule has 24 heavy (non-hydrogen) atoms. The number of hydrogen-bond donors (Lipinski definition) is 0. The first-order valence-electron chi connectivity index (χ1n) is 9.19. The minimum atomic E-state index is 0.140. The first-order chi connectivity index (χ1) is 11.8. The SMILES string of the molecule is O=c1c2ccc(CCC3=CCCC=C3)cc2nc2n1CCCCC2. The first kappa shape index (κ1) is 15.4. The van der Waals surface area contributed by atoms with Crippen molar-refractivity contribution in [3.8, 4) is 0 Å². The number of allylic oxidation sites excluding steroid dienone is 4. The van der Waals surface area contributed by atoms with Crippen LogP contribution in [0.2, 0.25) is 0 Å². The standard InChI is InChI=1S/C21H24N2O/c24-21-18-13-12-17(11-10-16-7-3-1-4-8-16)15-19(18)22-20-9-5-2-6-14-23(20)21/h3,7-8,12-13,15H,1-2,4-6,9-11,14H2. The van der Waals surface area contributed by atoms with Crippen LogP contribution >= 0.6 is 0 Å². The molecule has 1 aliphatic heterocycles. The normalized spacial score (nSPS) is 17.4. The quantitative estimate of drug-likeness (QED) is 0.843. The lowest BCUT2D eigenvalue weighted by Gasteiger charge is -2.11. The van der Waals surface area contributed by atoms with Crippen LogP contribution in [-0.4, -0.2) is 9.55 Å². The van der Waals surface area contributed by atoms with E-state index in [-0.39, 0.29) is 5.56 Å². The predicted molar refractivity (Wildman–Crippen MR) is 98.3 cm³/mol. The van der Waals surface area contributed by atoms with Crippen molar-refractivity contribution in [1.29, 1.82) is 0 Å². The Morgan fingerprint density at radius 3 is 2.92 bits per heavy atom. The molecule has 2 aromatic rings. The summed E-state index contributed by atoms with van der Waals surface area (Å²) in [6.07, 6.45) is 15.6. The lowest BCUT2D eigenvalue weighted by Crippen LogP contribution is -2.24. The van der Waals surface area contributed by atoms with Gasteiger partial charge in [0, 0.05) is 13.0 Å². The molecule has 3 heteroatoms. The summed E-state index contributed by atoms with van der Waals surface area (Å²) in [4.78, 5) is 17.6. The summed E-state index contributed by atoms with van der Waals surface area (Å²) in [6, 6.07) is 6.20. The highest BCUT2D eigenvalue weighted by atomic mass is 16.1. The molecule has 4 rings (SSSR count). The molecule has 1 aromatic carbocycles. The molecule has 0 fully saturated rings. The zero-order valence-electron chi connectivity index (χ0n) is 14.1. The maximum absolute atomic E-state index is 12.7. The van der Waals surface area contributed by atoms with Crippen LogP contribution < -0.4 is 5.56 Å².